The Labute approximate surface area is 123 Å². The molecule has 110 valence electrons. The average molecular weight is 299 g/mol. The molecule has 0 amide bonds. The van der Waals surface area contributed by atoms with Gasteiger partial charge in [-0.15, -0.1) is 0 Å². The first-order valence-corrected chi connectivity index (χ1v) is 7.24. The van der Waals surface area contributed by atoms with Gasteiger partial charge in [-0.2, -0.15) is 0 Å². The molecule has 1 aromatic carbocycles. The first kappa shape index (κ1) is 15.0. The number of hydrazine groups is 1. The lowest BCUT2D eigenvalue weighted by Gasteiger charge is -2.30. The fourth-order valence-corrected chi connectivity index (χ4v) is 2.65. The van der Waals surface area contributed by atoms with Crippen molar-refractivity contribution in [2.75, 3.05) is 5.43 Å². The van der Waals surface area contributed by atoms with Crippen molar-refractivity contribution in [3.63, 3.8) is 0 Å². The molecule has 0 aliphatic heterocycles. The molecule has 3 nitrogen and oxygen atoms in total. The van der Waals surface area contributed by atoms with Crippen LogP contribution < -0.4 is 16.2 Å². The summed E-state index contributed by atoms with van der Waals surface area (Å²) in [5.74, 6) is -0.692. The van der Waals surface area contributed by atoms with Gasteiger partial charge in [0, 0.05) is 12.1 Å². The predicted molar refractivity (Wildman–Crippen MR) is 80.3 cm³/mol. The molecule has 1 aromatic rings. The van der Waals surface area contributed by atoms with Crippen molar-refractivity contribution in [2.24, 2.45) is 5.92 Å². The summed E-state index contributed by atoms with van der Waals surface area (Å²) in [7, 11) is 0. The van der Waals surface area contributed by atoms with Crippen molar-refractivity contribution < 1.29 is 8.78 Å². The zero-order valence-electron chi connectivity index (χ0n) is 11.4. The standard InChI is InChI=1S/C14H19F2N3S/c1-9-4-2-3-5-12(9)17-14(20)19-18-13-7-6-10(15)8-11(13)16/h6-9,12,18H,2-5H2,1H3,(H2,17,19,20)/t9-,12-/m0/s1. The summed E-state index contributed by atoms with van der Waals surface area (Å²) in [6, 6.07) is 3.68. The maximum atomic E-state index is 13.4. The van der Waals surface area contributed by atoms with Crippen LogP contribution in [0.2, 0.25) is 0 Å². The minimum absolute atomic E-state index is 0.159. The molecule has 0 bridgehead atoms. The molecule has 20 heavy (non-hydrogen) atoms. The highest BCUT2D eigenvalue weighted by molar-refractivity contribution is 7.80. The fraction of sp³-hybridized carbons (Fsp3) is 0.500. The van der Waals surface area contributed by atoms with Crippen LogP contribution >= 0.6 is 12.2 Å². The second-order valence-electron chi connectivity index (χ2n) is 5.22. The van der Waals surface area contributed by atoms with Crippen molar-refractivity contribution in [3.05, 3.63) is 29.8 Å². The number of halogens is 2. The van der Waals surface area contributed by atoms with Gasteiger partial charge in [0.25, 0.3) is 0 Å². The summed E-state index contributed by atoms with van der Waals surface area (Å²) in [5, 5.41) is 3.65. The average Bonchev–Trinajstić information content (AvgIpc) is 2.40. The van der Waals surface area contributed by atoms with Crippen LogP contribution in [0.4, 0.5) is 14.5 Å². The summed E-state index contributed by atoms with van der Waals surface area (Å²) in [6.45, 7) is 2.20. The topological polar surface area (TPSA) is 36.1 Å². The van der Waals surface area contributed by atoms with Gasteiger partial charge in [-0.3, -0.25) is 10.9 Å². The minimum atomic E-state index is -0.661. The van der Waals surface area contributed by atoms with Crippen LogP contribution in [0.5, 0.6) is 0 Å². The van der Waals surface area contributed by atoms with E-state index in [4.69, 9.17) is 12.2 Å². The number of thiocarbonyl (C=S) groups is 1. The van der Waals surface area contributed by atoms with E-state index in [1.807, 2.05) is 0 Å². The molecule has 0 radical (unpaired) electrons. The Morgan fingerprint density at radius 2 is 2.00 bits per heavy atom. The summed E-state index contributed by atoms with van der Waals surface area (Å²) < 4.78 is 26.2. The van der Waals surface area contributed by atoms with Crippen molar-refractivity contribution in [1.82, 2.24) is 10.7 Å². The molecular weight excluding hydrogens is 280 g/mol. The van der Waals surface area contributed by atoms with E-state index in [2.05, 4.69) is 23.1 Å². The van der Waals surface area contributed by atoms with E-state index >= 15 is 0 Å². The Balaban J connectivity index is 1.82. The van der Waals surface area contributed by atoms with Gasteiger partial charge in [-0.25, -0.2) is 8.78 Å². The molecule has 0 heterocycles. The maximum Gasteiger partial charge on any atom is 0.185 e. The van der Waals surface area contributed by atoms with Gasteiger partial charge in [0.2, 0.25) is 0 Å². The molecule has 1 aliphatic carbocycles. The van der Waals surface area contributed by atoms with Crippen LogP contribution in [0.1, 0.15) is 32.6 Å². The number of anilines is 1. The third kappa shape index (κ3) is 4.03. The Kier molecular flexibility index (Phi) is 5.11. The van der Waals surface area contributed by atoms with Crippen LogP contribution in [0, 0.1) is 17.6 Å². The lowest BCUT2D eigenvalue weighted by molar-refractivity contribution is 0.308. The number of rotatable bonds is 3. The minimum Gasteiger partial charge on any atom is -0.358 e. The molecule has 1 fully saturated rings. The molecule has 1 saturated carbocycles. The molecule has 6 heteroatoms. The predicted octanol–water partition coefficient (Wildman–Crippen LogP) is 3.33. The van der Waals surface area contributed by atoms with Crippen LogP contribution in [0.15, 0.2) is 18.2 Å². The lowest BCUT2D eigenvalue weighted by atomic mass is 9.86. The summed E-state index contributed by atoms with van der Waals surface area (Å²) in [4.78, 5) is 0. The molecule has 2 rings (SSSR count). The number of hydrogen-bond donors (Lipinski definition) is 3. The number of benzene rings is 1. The Morgan fingerprint density at radius 3 is 2.70 bits per heavy atom. The van der Waals surface area contributed by atoms with Gasteiger partial charge in [0.15, 0.2) is 10.9 Å². The Bertz CT molecular complexity index is 481. The monoisotopic (exact) mass is 299 g/mol. The summed E-state index contributed by atoms with van der Waals surface area (Å²) in [6.07, 6.45) is 4.75. The van der Waals surface area contributed by atoms with Crippen molar-refractivity contribution in [3.8, 4) is 0 Å². The molecule has 3 N–H and O–H groups in total. The van der Waals surface area contributed by atoms with E-state index in [0.717, 1.165) is 12.5 Å². The van der Waals surface area contributed by atoms with Crippen LogP contribution in [-0.2, 0) is 0 Å². The first-order chi connectivity index (χ1) is 9.56. The molecular formula is C14H19F2N3S. The van der Waals surface area contributed by atoms with E-state index in [9.17, 15) is 8.78 Å². The van der Waals surface area contributed by atoms with Crippen LogP contribution in [-0.4, -0.2) is 11.2 Å². The lowest BCUT2D eigenvalue weighted by Crippen LogP contribution is -2.47. The molecule has 0 spiro atoms. The summed E-state index contributed by atoms with van der Waals surface area (Å²) in [5.41, 5.74) is 5.54. The summed E-state index contributed by atoms with van der Waals surface area (Å²) >= 11 is 5.17. The Hall–Kier alpha value is -1.43. The molecule has 1 aliphatic rings. The zero-order valence-corrected chi connectivity index (χ0v) is 12.2. The van der Waals surface area contributed by atoms with Crippen molar-refractivity contribution in [1.29, 1.82) is 0 Å². The van der Waals surface area contributed by atoms with Gasteiger partial charge in [-0.05, 0) is 43.1 Å². The normalized spacial score (nSPS) is 22.1. The molecule has 0 aromatic heterocycles. The third-order valence-corrected chi connectivity index (χ3v) is 3.89. The smallest absolute Gasteiger partial charge is 0.185 e. The highest BCUT2D eigenvalue weighted by atomic mass is 32.1. The second-order valence-corrected chi connectivity index (χ2v) is 5.62. The van der Waals surface area contributed by atoms with Gasteiger partial charge in [0.05, 0.1) is 5.69 Å². The van der Waals surface area contributed by atoms with Crippen LogP contribution in [0.3, 0.4) is 0 Å². The van der Waals surface area contributed by atoms with Crippen molar-refractivity contribution in [2.45, 2.75) is 38.6 Å². The van der Waals surface area contributed by atoms with E-state index in [1.54, 1.807) is 0 Å². The maximum absolute atomic E-state index is 13.4. The molecule has 0 saturated heterocycles. The third-order valence-electron chi connectivity index (χ3n) is 3.67. The highest BCUT2D eigenvalue weighted by Gasteiger charge is 2.21. The van der Waals surface area contributed by atoms with Crippen molar-refractivity contribution >= 4 is 23.0 Å². The number of nitrogens with one attached hydrogen (secondary N) is 3. The number of hydrogen-bond acceptors (Lipinski definition) is 2. The van der Waals surface area contributed by atoms with E-state index in [0.29, 0.717) is 17.1 Å². The first-order valence-electron chi connectivity index (χ1n) is 6.84. The van der Waals surface area contributed by atoms with Gasteiger partial charge >= 0.3 is 0 Å². The second kappa shape index (κ2) is 6.83. The van der Waals surface area contributed by atoms with E-state index in [1.165, 1.54) is 31.4 Å². The highest BCUT2D eigenvalue weighted by Crippen LogP contribution is 2.23. The van der Waals surface area contributed by atoms with E-state index < -0.39 is 11.6 Å². The molecule has 0 unspecified atom stereocenters. The van der Waals surface area contributed by atoms with Gasteiger partial charge < -0.3 is 5.32 Å². The largest absolute Gasteiger partial charge is 0.358 e. The van der Waals surface area contributed by atoms with Gasteiger partial charge in [-0.1, -0.05) is 19.8 Å². The van der Waals surface area contributed by atoms with Crippen LogP contribution in [0.25, 0.3) is 0 Å². The Morgan fingerprint density at radius 1 is 1.25 bits per heavy atom. The fourth-order valence-electron chi connectivity index (χ4n) is 2.45. The van der Waals surface area contributed by atoms with E-state index in [-0.39, 0.29) is 5.69 Å². The molecule has 2 atom stereocenters. The van der Waals surface area contributed by atoms with Gasteiger partial charge in [0.1, 0.15) is 5.82 Å². The SMILES string of the molecule is C[C@H]1CCCC[C@@H]1NC(=S)NNc1ccc(F)cc1F. The zero-order chi connectivity index (χ0) is 14.5. The quantitative estimate of drug-likeness (QED) is 0.591.